The Hall–Kier alpha value is -2.46. The van der Waals surface area contributed by atoms with E-state index in [-0.39, 0.29) is 36.3 Å². The number of fused-ring (bicyclic) bond motifs is 1. The van der Waals surface area contributed by atoms with Crippen LogP contribution in [0.3, 0.4) is 0 Å². The average Bonchev–Trinajstić information content (AvgIpc) is 2.74. The van der Waals surface area contributed by atoms with Crippen LogP contribution in [-0.4, -0.2) is 64.2 Å². The highest BCUT2D eigenvalue weighted by molar-refractivity contribution is 5.91. The highest BCUT2D eigenvalue weighted by Gasteiger charge is 2.35. The smallest absolute Gasteiger partial charge is 0.396 e. The fourth-order valence-corrected chi connectivity index (χ4v) is 4.70. The molecule has 1 aliphatic heterocycles. The summed E-state index contributed by atoms with van der Waals surface area (Å²) >= 11 is 0. The number of benzene rings is 1. The van der Waals surface area contributed by atoms with Gasteiger partial charge in [-0.05, 0) is 56.2 Å². The zero-order valence-corrected chi connectivity index (χ0v) is 17.7. The first-order valence-electron chi connectivity index (χ1n) is 11.0. The molecule has 1 aromatic heterocycles. The molecule has 0 spiro atoms. The number of hydrogen-bond acceptors (Lipinski definition) is 6. The number of carbonyl (C=O) groups excluding carboxylic acids is 1. The predicted molar refractivity (Wildman–Crippen MR) is 114 cm³/mol. The van der Waals surface area contributed by atoms with Crippen LogP contribution < -0.4 is 10.6 Å². The molecule has 32 heavy (non-hydrogen) atoms. The van der Waals surface area contributed by atoms with Crippen molar-refractivity contribution in [3.63, 3.8) is 0 Å². The fourth-order valence-electron chi connectivity index (χ4n) is 4.70. The normalized spacial score (nSPS) is 22.5. The predicted octanol–water partition coefficient (Wildman–Crippen LogP) is 2.80. The molecule has 2 heterocycles. The number of alkyl halides is 3. The van der Waals surface area contributed by atoms with E-state index in [1.807, 2.05) is 0 Å². The number of aliphatic hydroxyl groups is 1. The van der Waals surface area contributed by atoms with Crippen LogP contribution in [-0.2, 0) is 11.0 Å². The molecule has 1 saturated heterocycles. The van der Waals surface area contributed by atoms with Gasteiger partial charge in [-0.25, -0.2) is 9.97 Å². The largest absolute Gasteiger partial charge is 0.416 e. The first-order chi connectivity index (χ1) is 15.3. The number of aromatic nitrogens is 2. The van der Waals surface area contributed by atoms with Crippen LogP contribution in [0.15, 0.2) is 24.5 Å². The van der Waals surface area contributed by atoms with Gasteiger partial charge in [0.25, 0.3) is 0 Å². The third-order valence-corrected chi connectivity index (χ3v) is 6.52. The molecule has 4 rings (SSSR count). The fraction of sp³-hybridized carbons (Fsp3) is 0.591. The lowest BCUT2D eigenvalue weighted by Crippen LogP contribution is -2.63. The Bertz CT molecular complexity index is 941. The van der Waals surface area contributed by atoms with E-state index in [1.165, 1.54) is 12.4 Å². The van der Waals surface area contributed by atoms with Crippen molar-refractivity contribution in [1.29, 1.82) is 0 Å². The maximum Gasteiger partial charge on any atom is 0.416 e. The summed E-state index contributed by atoms with van der Waals surface area (Å²) in [5.41, 5.74) is -0.411. The first kappa shape index (κ1) is 22.7. The van der Waals surface area contributed by atoms with Crippen molar-refractivity contribution in [1.82, 2.24) is 20.2 Å². The summed E-state index contributed by atoms with van der Waals surface area (Å²) in [7, 11) is 0. The van der Waals surface area contributed by atoms with Gasteiger partial charge in [0.15, 0.2) is 0 Å². The maximum absolute atomic E-state index is 13.0. The van der Waals surface area contributed by atoms with Gasteiger partial charge < -0.3 is 15.7 Å². The number of nitrogens with one attached hydrogen (secondary N) is 2. The van der Waals surface area contributed by atoms with Crippen molar-refractivity contribution in [2.45, 2.75) is 50.4 Å². The van der Waals surface area contributed by atoms with Crippen molar-refractivity contribution in [2.24, 2.45) is 5.92 Å². The second-order valence-electron chi connectivity index (χ2n) is 8.71. The molecule has 1 saturated carbocycles. The summed E-state index contributed by atoms with van der Waals surface area (Å²) in [6.07, 6.45) is 2.23. The second kappa shape index (κ2) is 9.58. The number of aliphatic hydroxyl groups excluding tert-OH is 1. The summed E-state index contributed by atoms with van der Waals surface area (Å²) in [6, 6.07) is 3.90. The van der Waals surface area contributed by atoms with Crippen molar-refractivity contribution in [3.8, 4) is 0 Å². The van der Waals surface area contributed by atoms with Crippen molar-refractivity contribution < 1.29 is 23.1 Å². The van der Waals surface area contributed by atoms with Crippen LogP contribution in [0.25, 0.3) is 10.9 Å². The van der Waals surface area contributed by atoms with E-state index in [0.717, 1.165) is 57.3 Å². The Morgan fingerprint density at radius 2 is 1.91 bits per heavy atom. The number of amides is 1. The number of likely N-dealkylation sites (tertiary alicyclic amines) is 1. The summed E-state index contributed by atoms with van der Waals surface area (Å²) in [4.78, 5) is 22.7. The van der Waals surface area contributed by atoms with Gasteiger partial charge in [-0.2, -0.15) is 13.2 Å². The van der Waals surface area contributed by atoms with E-state index in [2.05, 4.69) is 25.5 Å². The lowest BCUT2D eigenvalue weighted by Gasteiger charge is -2.46. The van der Waals surface area contributed by atoms with Crippen LogP contribution >= 0.6 is 0 Å². The minimum Gasteiger partial charge on any atom is -0.396 e. The third-order valence-electron chi connectivity index (χ3n) is 6.52. The van der Waals surface area contributed by atoms with Gasteiger partial charge in [-0.3, -0.25) is 9.69 Å². The van der Waals surface area contributed by atoms with Crippen molar-refractivity contribution in [2.75, 3.05) is 31.6 Å². The molecule has 0 bridgehead atoms. The van der Waals surface area contributed by atoms with Crippen LogP contribution in [0, 0.1) is 5.92 Å². The Morgan fingerprint density at radius 3 is 2.59 bits per heavy atom. The number of carbonyl (C=O) groups is 1. The molecular formula is C22H28F3N5O2. The molecule has 7 nitrogen and oxygen atoms in total. The number of anilines is 1. The van der Waals surface area contributed by atoms with Crippen LogP contribution in [0.1, 0.15) is 37.7 Å². The number of rotatable bonds is 7. The first-order valence-corrected chi connectivity index (χ1v) is 11.0. The van der Waals surface area contributed by atoms with Gasteiger partial charge in [-0.15, -0.1) is 0 Å². The molecule has 0 unspecified atom stereocenters. The number of halogens is 3. The maximum atomic E-state index is 13.0. The Labute approximate surface area is 184 Å². The van der Waals surface area contributed by atoms with E-state index >= 15 is 0 Å². The molecule has 10 heteroatoms. The van der Waals surface area contributed by atoms with E-state index in [9.17, 15) is 18.0 Å². The standard InChI is InChI=1S/C22H28F3N5O2/c23-22(24,25)15-3-6-19-18(9-15)21(28-13-27-19)26-10-20(32)29-16-11-30(12-16)17-4-1-14(2-5-17)7-8-31/h3,6,9,13-14,16-17,31H,1-2,4-5,7-8,10-12H2,(H,29,32)(H,26,27,28)/t14-,17-. The molecule has 0 radical (unpaired) electrons. The number of nitrogens with zero attached hydrogens (tertiary/aromatic N) is 3. The van der Waals surface area contributed by atoms with Gasteiger partial charge >= 0.3 is 6.18 Å². The van der Waals surface area contributed by atoms with Crippen LogP contribution in [0.2, 0.25) is 0 Å². The van der Waals surface area contributed by atoms with Gasteiger partial charge in [0, 0.05) is 31.1 Å². The summed E-state index contributed by atoms with van der Waals surface area (Å²) < 4.78 is 39.1. The molecule has 0 atom stereocenters. The monoisotopic (exact) mass is 451 g/mol. The Balaban J connectivity index is 1.25. The van der Waals surface area contributed by atoms with E-state index < -0.39 is 11.7 Å². The average molecular weight is 451 g/mol. The molecule has 3 N–H and O–H groups in total. The van der Waals surface area contributed by atoms with Crippen molar-refractivity contribution in [3.05, 3.63) is 30.1 Å². The molecule has 2 fully saturated rings. The zero-order chi connectivity index (χ0) is 22.7. The SMILES string of the molecule is O=C(CNc1ncnc2ccc(C(F)(F)F)cc12)NC1CN([C@H]2CC[C@H](CCO)CC2)C1. The molecule has 1 aliphatic carbocycles. The quantitative estimate of drug-likeness (QED) is 0.600. The van der Waals surface area contributed by atoms with E-state index in [1.54, 1.807) is 0 Å². The lowest BCUT2D eigenvalue weighted by atomic mass is 9.82. The lowest BCUT2D eigenvalue weighted by molar-refractivity contribution is -0.137. The Kier molecular flexibility index (Phi) is 6.80. The van der Waals surface area contributed by atoms with E-state index in [4.69, 9.17) is 5.11 Å². The van der Waals surface area contributed by atoms with Crippen LogP contribution in [0.5, 0.6) is 0 Å². The molecular weight excluding hydrogens is 423 g/mol. The Morgan fingerprint density at radius 1 is 1.16 bits per heavy atom. The molecule has 174 valence electrons. The highest BCUT2D eigenvalue weighted by Crippen LogP contribution is 2.33. The number of hydrogen-bond donors (Lipinski definition) is 3. The van der Waals surface area contributed by atoms with Crippen molar-refractivity contribution >= 4 is 22.6 Å². The second-order valence-corrected chi connectivity index (χ2v) is 8.71. The van der Waals surface area contributed by atoms with Gasteiger partial charge in [0.05, 0.1) is 23.7 Å². The minimum atomic E-state index is -4.47. The van der Waals surface area contributed by atoms with Gasteiger partial charge in [0.2, 0.25) is 5.91 Å². The van der Waals surface area contributed by atoms with Gasteiger partial charge in [-0.1, -0.05) is 0 Å². The zero-order valence-electron chi connectivity index (χ0n) is 17.7. The highest BCUT2D eigenvalue weighted by atomic mass is 19.4. The van der Waals surface area contributed by atoms with E-state index in [0.29, 0.717) is 17.5 Å². The van der Waals surface area contributed by atoms with Gasteiger partial charge in [0.1, 0.15) is 12.1 Å². The molecule has 1 aromatic carbocycles. The summed E-state index contributed by atoms with van der Waals surface area (Å²) in [5.74, 6) is 0.607. The topological polar surface area (TPSA) is 90.4 Å². The third kappa shape index (κ3) is 5.29. The van der Waals surface area contributed by atoms with Crippen LogP contribution in [0.4, 0.5) is 19.0 Å². The summed E-state index contributed by atoms with van der Waals surface area (Å²) in [5, 5.41) is 15.1. The molecule has 2 aromatic rings. The molecule has 1 amide bonds. The summed E-state index contributed by atoms with van der Waals surface area (Å²) in [6.45, 7) is 1.81. The minimum absolute atomic E-state index is 0.0782. The molecule has 2 aliphatic rings.